The van der Waals surface area contributed by atoms with Gasteiger partial charge in [0.1, 0.15) is 11.6 Å². The van der Waals surface area contributed by atoms with Crippen molar-refractivity contribution in [2.75, 3.05) is 6.54 Å². The predicted molar refractivity (Wildman–Crippen MR) is 70.2 cm³/mol. The van der Waals surface area contributed by atoms with E-state index in [4.69, 9.17) is 0 Å². The SMILES string of the molecule is CCC1CCNC(/C=C/c2cc(F)ccc2F)C1. The zero-order valence-corrected chi connectivity index (χ0v) is 10.6. The third kappa shape index (κ3) is 3.39. The van der Waals surface area contributed by atoms with Crippen LogP contribution in [0.4, 0.5) is 8.78 Å². The molecule has 1 nitrogen and oxygen atoms in total. The molecule has 1 aromatic carbocycles. The van der Waals surface area contributed by atoms with Crippen molar-refractivity contribution in [2.45, 2.75) is 32.2 Å². The Morgan fingerprint density at radius 3 is 3.00 bits per heavy atom. The van der Waals surface area contributed by atoms with Crippen LogP contribution in [-0.4, -0.2) is 12.6 Å². The van der Waals surface area contributed by atoms with E-state index in [2.05, 4.69) is 12.2 Å². The molecule has 0 amide bonds. The third-order valence-electron chi connectivity index (χ3n) is 3.59. The maximum Gasteiger partial charge on any atom is 0.130 e. The van der Waals surface area contributed by atoms with Gasteiger partial charge in [-0.15, -0.1) is 0 Å². The Labute approximate surface area is 107 Å². The van der Waals surface area contributed by atoms with Crippen molar-refractivity contribution in [2.24, 2.45) is 5.92 Å². The van der Waals surface area contributed by atoms with Crippen LogP contribution in [0.5, 0.6) is 0 Å². The molecule has 2 unspecified atom stereocenters. The highest BCUT2D eigenvalue weighted by Gasteiger charge is 2.17. The van der Waals surface area contributed by atoms with Crippen LogP contribution in [0.2, 0.25) is 0 Å². The molecule has 0 spiro atoms. The Bertz CT molecular complexity index is 429. The summed E-state index contributed by atoms with van der Waals surface area (Å²) in [6.45, 7) is 3.20. The fourth-order valence-corrected chi connectivity index (χ4v) is 2.41. The maximum atomic E-state index is 13.4. The molecule has 0 aliphatic carbocycles. The highest BCUT2D eigenvalue weighted by molar-refractivity contribution is 5.50. The molecule has 0 saturated carbocycles. The molecular weight excluding hydrogens is 232 g/mol. The molecule has 0 bridgehead atoms. The normalized spacial score (nSPS) is 24.6. The largest absolute Gasteiger partial charge is 0.310 e. The van der Waals surface area contributed by atoms with Gasteiger partial charge in [0.2, 0.25) is 0 Å². The molecule has 2 atom stereocenters. The molecule has 1 aliphatic heterocycles. The molecule has 1 saturated heterocycles. The van der Waals surface area contributed by atoms with Crippen molar-refractivity contribution in [3.8, 4) is 0 Å². The molecule has 98 valence electrons. The van der Waals surface area contributed by atoms with E-state index in [0.29, 0.717) is 5.56 Å². The van der Waals surface area contributed by atoms with Crippen molar-refractivity contribution in [1.82, 2.24) is 5.32 Å². The van der Waals surface area contributed by atoms with Gasteiger partial charge in [0.05, 0.1) is 0 Å². The average Bonchev–Trinajstić information content (AvgIpc) is 2.40. The lowest BCUT2D eigenvalue weighted by Gasteiger charge is -2.27. The molecule has 1 aromatic rings. The van der Waals surface area contributed by atoms with E-state index >= 15 is 0 Å². The summed E-state index contributed by atoms with van der Waals surface area (Å²) in [5.74, 6) is -0.0483. The summed E-state index contributed by atoms with van der Waals surface area (Å²) in [7, 11) is 0. The van der Waals surface area contributed by atoms with Crippen molar-refractivity contribution in [1.29, 1.82) is 0 Å². The first kappa shape index (κ1) is 13.2. The zero-order chi connectivity index (χ0) is 13.0. The number of hydrogen-bond donors (Lipinski definition) is 1. The van der Waals surface area contributed by atoms with Gasteiger partial charge in [-0.3, -0.25) is 0 Å². The molecule has 18 heavy (non-hydrogen) atoms. The molecule has 3 heteroatoms. The van der Waals surface area contributed by atoms with Crippen LogP contribution in [0.3, 0.4) is 0 Å². The van der Waals surface area contributed by atoms with E-state index < -0.39 is 5.82 Å². The third-order valence-corrected chi connectivity index (χ3v) is 3.59. The molecule has 2 rings (SSSR count). The van der Waals surface area contributed by atoms with Crippen LogP contribution in [0.15, 0.2) is 24.3 Å². The van der Waals surface area contributed by atoms with Crippen LogP contribution in [0, 0.1) is 17.6 Å². The lowest BCUT2D eigenvalue weighted by molar-refractivity contribution is 0.326. The Morgan fingerprint density at radius 2 is 2.22 bits per heavy atom. The van der Waals surface area contributed by atoms with Gasteiger partial charge in [0.15, 0.2) is 0 Å². The lowest BCUT2D eigenvalue weighted by atomic mass is 9.90. The molecule has 1 heterocycles. The summed E-state index contributed by atoms with van der Waals surface area (Å²) in [5.41, 5.74) is 0.315. The molecule has 1 aliphatic rings. The Balaban J connectivity index is 2.03. The van der Waals surface area contributed by atoms with Gasteiger partial charge < -0.3 is 5.32 Å². The minimum absolute atomic E-state index is 0.270. The molecular formula is C15H19F2N. The summed E-state index contributed by atoms with van der Waals surface area (Å²) in [6, 6.07) is 3.80. The number of piperidine rings is 1. The van der Waals surface area contributed by atoms with Gasteiger partial charge in [-0.25, -0.2) is 8.78 Å². The first-order chi connectivity index (χ1) is 8.69. The van der Waals surface area contributed by atoms with Crippen molar-refractivity contribution in [3.63, 3.8) is 0 Å². The molecule has 1 fully saturated rings. The van der Waals surface area contributed by atoms with Gasteiger partial charge >= 0.3 is 0 Å². The van der Waals surface area contributed by atoms with Crippen LogP contribution in [0.25, 0.3) is 6.08 Å². The van der Waals surface area contributed by atoms with E-state index in [-0.39, 0.29) is 11.9 Å². The van der Waals surface area contributed by atoms with Gasteiger partial charge in [0, 0.05) is 11.6 Å². The van der Waals surface area contributed by atoms with Crippen LogP contribution in [0.1, 0.15) is 31.7 Å². The minimum atomic E-state index is -0.404. The second-order valence-corrected chi connectivity index (χ2v) is 4.88. The van der Waals surface area contributed by atoms with Crippen LogP contribution in [-0.2, 0) is 0 Å². The standard InChI is InChI=1S/C15H19F2N/c1-2-11-7-8-18-14(9-11)5-3-12-10-13(16)4-6-15(12)17/h3-6,10-11,14,18H,2,7-9H2,1H3/b5-3+. The monoisotopic (exact) mass is 251 g/mol. The first-order valence-corrected chi connectivity index (χ1v) is 6.55. The highest BCUT2D eigenvalue weighted by Crippen LogP contribution is 2.21. The Kier molecular flexibility index (Phi) is 4.48. The second kappa shape index (κ2) is 6.10. The number of rotatable bonds is 3. The van der Waals surface area contributed by atoms with Crippen molar-refractivity contribution < 1.29 is 8.78 Å². The quantitative estimate of drug-likeness (QED) is 0.862. The van der Waals surface area contributed by atoms with Crippen molar-refractivity contribution in [3.05, 3.63) is 41.5 Å². The predicted octanol–water partition coefficient (Wildman–Crippen LogP) is 3.76. The van der Waals surface area contributed by atoms with Gasteiger partial charge in [0.25, 0.3) is 0 Å². The summed E-state index contributed by atoms with van der Waals surface area (Å²) in [5, 5.41) is 3.38. The lowest BCUT2D eigenvalue weighted by Crippen LogP contribution is -2.36. The van der Waals surface area contributed by atoms with E-state index in [1.54, 1.807) is 6.08 Å². The summed E-state index contributed by atoms with van der Waals surface area (Å²) in [6.07, 6.45) is 7.08. The Hall–Kier alpha value is -1.22. The van der Waals surface area contributed by atoms with E-state index in [1.165, 1.54) is 18.9 Å². The van der Waals surface area contributed by atoms with Gasteiger partial charge in [-0.05, 0) is 43.5 Å². The molecule has 1 N–H and O–H groups in total. The van der Waals surface area contributed by atoms with Crippen LogP contribution < -0.4 is 5.32 Å². The smallest absolute Gasteiger partial charge is 0.130 e. The van der Waals surface area contributed by atoms with Gasteiger partial charge in [-0.1, -0.05) is 25.5 Å². The first-order valence-electron chi connectivity index (χ1n) is 6.55. The van der Waals surface area contributed by atoms with Crippen molar-refractivity contribution >= 4 is 6.08 Å². The fourth-order valence-electron chi connectivity index (χ4n) is 2.41. The van der Waals surface area contributed by atoms with Gasteiger partial charge in [-0.2, -0.15) is 0 Å². The van der Waals surface area contributed by atoms with Crippen LogP contribution >= 0.6 is 0 Å². The topological polar surface area (TPSA) is 12.0 Å². The molecule has 0 aromatic heterocycles. The fraction of sp³-hybridized carbons (Fsp3) is 0.467. The second-order valence-electron chi connectivity index (χ2n) is 4.88. The minimum Gasteiger partial charge on any atom is -0.310 e. The summed E-state index contributed by atoms with van der Waals surface area (Å²) < 4.78 is 26.4. The number of hydrogen-bond acceptors (Lipinski definition) is 1. The number of halogens is 2. The molecule has 0 radical (unpaired) electrons. The highest BCUT2D eigenvalue weighted by atomic mass is 19.1. The Morgan fingerprint density at radius 1 is 1.39 bits per heavy atom. The number of nitrogens with one attached hydrogen (secondary N) is 1. The summed E-state index contributed by atoms with van der Waals surface area (Å²) >= 11 is 0. The zero-order valence-electron chi connectivity index (χ0n) is 10.6. The average molecular weight is 251 g/mol. The summed E-state index contributed by atoms with van der Waals surface area (Å²) in [4.78, 5) is 0. The maximum absolute atomic E-state index is 13.4. The number of benzene rings is 1. The van der Waals surface area contributed by atoms with E-state index in [9.17, 15) is 8.78 Å². The van der Waals surface area contributed by atoms with E-state index in [1.807, 2.05) is 6.08 Å². The van der Waals surface area contributed by atoms with E-state index in [0.717, 1.165) is 31.0 Å².